The molecule has 6 heteroatoms. The van der Waals surface area contributed by atoms with Gasteiger partial charge in [0, 0.05) is 31.4 Å². The molecule has 3 aromatic carbocycles. The van der Waals surface area contributed by atoms with E-state index in [1.807, 2.05) is 42.5 Å². The third kappa shape index (κ3) is 5.38. The van der Waals surface area contributed by atoms with Gasteiger partial charge in [0.05, 0.1) is 17.9 Å². The molecule has 0 N–H and O–H groups in total. The molecule has 1 atom stereocenters. The van der Waals surface area contributed by atoms with Gasteiger partial charge in [-0.05, 0) is 54.3 Å². The van der Waals surface area contributed by atoms with Crippen LogP contribution in [0.15, 0.2) is 66.7 Å². The van der Waals surface area contributed by atoms with E-state index in [9.17, 15) is 13.2 Å². The summed E-state index contributed by atoms with van der Waals surface area (Å²) in [5.74, 6) is 0.170. The molecule has 1 saturated heterocycles. The molecule has 1 fully saturated rings. The SMILES string of the molecule is CCN(CC)c1ccc(CN(C(=O)Cc2cccc3ccccc23)[C@@H]2CCS(=O)(=O)C2)cc1. The third-order valence-corrected chi connectivity index (χ3v) is 8.36. The monoisotopic (exact) mass is 464 g/mol. The fraction of sp³-hybridized carbons (Fsp3) is 0.370. The average Bonchev–Trinajstić information content (AvgIpc) is 3.18. The van der Waals surface area contributed by atoms with Crippen molar-refractivity contribution in [2.75, 3.05) is 29.5 Å². The Bertz CT molecular complexity index is 1210. The molecule has 1 aliphatic rings. The van der Waals surface area contributed by atoms with Crippen molar-refractivity contribution >= 4 is 32.2 Å². The number of benzene rings is 3. The van der Waals surface area contributed by atoms with E-state index >= 15 is 0 Å². The quantitative estimate of drug-likeness (QED) is 0.494. The standard InChI is InChI=1S/C27H32N2O3S/c1-3-28(4-2)24-14-12-21(13-15-24)19-29(25-16-17-33(31,32)20-25)27(30)18-23-10-7-9-22-8-5-6-11-26(22)23/h5-15,25H,3-4,16-20H2,1-2H3/t25-/m1/s1. The van der Waals surface area contributed by atoms with Gasteiger partial charge in [-0.1, -0.05) is 54.6 Å². The highest BCUT2D eigenvalue weighted by atomic mass is 32.2. The van der Waals surface area contributed by atoms with Crippen LogP contribution in [0.25, 0.3) is 10.8 Å². The topological polar surface area (TPSA) is 57.7 Å². The van der Waals surface area contributed by atoms with E-state index in [-0.39, 0.29) is 29.9 Å². The number of nitrogens with zero attached hydrogens (tertiary/aromatic N) is 2. The molecule has 5 nitrogen and oxygen atoms in total. The molecule has 174 valence electrons. The summed E-state index contributed by atoms with van der Waals surface area (Å²) in [4.78, 5) is 17.6. The largest absolute Gasteiger partial charge is 0.372 e. The summed E-state index contributed by atoms with van der Waals surface area (Å²) in [6.45, 7) is 6.55. The molecular weight excluding hydrogens is 432 g/mol. The van der Waals surface area contributed by atoms with Gasteiger partial charge in [0.25, 0.3) is 0 Å². The zero-order valence-corrected chi connectivity index (χ0v) is 20.2. The van der Waals surface area contributed by atoms with E-state index in [1.54, 1.807) is 4.90 Å². The van der Waals surface area contributed by atoms with Gasteiger partial charge in [-0.15, -0.1) is 0 Å². The van der Waals surface area contributed by atoms with Gasteiger partial charge in [-0.25, -0.2) is 8.42 Å². The molecule has 0 bridgehead atoms. The summed E-state index contributed by atoms with van der Waals surface area (Å²) in [5, 5.41) is 2.17. The maximum atomic E-state index is 13.5. The maximum absolute atomic E-state index is 13.5. The molecular formula is C27H32N2O3S. The molecule has 0 saturated carbocycles. The molecule has 0 spiro atoms. The van der Waals surface area contributed by atoms with Gasteiger partial charge in [0.2, 0.25) is 5.91 Å². The molecule has 0 radical (unpaired) electrons. The molecule has 0 aromatic heterocycles. The number of carbonyl (C=O) groups excluding carboxylic acids is 1. The van der Waals surface area contributed by atoms with Crippen molar-refractivity contribution in [3.05, 3.63) is 77.9 Å². The van der Waals surface area contributed by atoms with Crippen molar-refractivity contribution in [3.8, 4) is 0 Å². The first-order valence-corrected chi connectivity index (χ1v) is 13.5. The summed E-state index contributed by atoms with van der Waals surface area (Å²) in [5.41, 5.74) is 3.14. The number of hydrogen-bond acceptors (Lipinski definition) is 4. The molecule has 1 aliphatic heterocycles. The van der Waals surface area contributed by atoms with Crippen molar-refractivity contribution in [1.29, 1.82) is 0 Å². The first-order valence-electron chi connectivity index (χ1n) is 11.7. The van der Waals surface area contributed by atoms with E-state index in [0.29, 0.717) is 13.0 Å². The fourth-order valence-corrected chi connectivity index (χ4v) is 6.48. The Morgan fingerprint density at radius 2 is 1.64 bits per heavy atom. The molecule has 33 heavy (non-hydrogen) atoms. The van der Waals surface area contributed by atoms with Gasteiger partial charge in [0.1, 0.15) is 0 Å². The number of sulfone groups is 1. The maximum Gasteiger partial charge on any atom is 0.227 e. The van der Waals surface area contributed by atoms with Crippen LogP contribution in [0.2, 0.25) is 0 Å². The molecule has 0 unspecified atom stereocenters. The Kier molecular flexibility index (Phi) is 7.03. The van der Waals surface area contributed by atoms with Crippen molar-refractivity contribution in [3.63, 3.8) is 0 Å². The lowest BCUT2D eigenvalue weighted by Gasteiger charge is -2.29. The van der Waals surface area contributed by atoms with Crippen LogP contribution >= 0.6 is 0 Å². The second kappa shape index (κ2) is 9.96. The first-order chi connectivity index (χ1) is 15.9. The van der Waals surface area contributed by atoms with Crippen LogP contribution in [-0.4, -0.2) is 49.9 Å². The predicted molar refractivity (Wildman–Crippen MR) is 135 cm³/mol. The Labute approximate surface area is 196 Å². The van der Waals surface area contributed by atoms with Crippen molar-refractivity contribution in [2.24, 2.45) is 0 Å². The van der Waals surface area contributed by atoms with E-state index in [0.717, 1.165) is 40.7 Å². The lowest BCUT2D eigenvalue weighted by atomic mass is 10.0. The second-order valence-electron chi connectivity index (χ2n) is 8.73. The number of rotatable bonds is 8. The van der Waals surface area contributed by atoms with Crippen LogP contribution in [-0.2, 0) is 27.6 Å². The lowest BCUT2D eigenvalue weighted by Crippen LogP contribution is -2.41. The summed E-state index contributed by atoms with van der Waals surface area (Å²) >= 11 is 0. The highest BCUT2D eigenvalue weighted by molar-refractivity contribution is 7.91. The summed E-state index contributed by atoms with van der Waals surface area (Å²) < 4.78 is 24.4. The van der Waals surface area contributed by atoms with Crippen LogP contribution < -0.4 is 4.90 Å². The van der Waals surface area contributed by atoms with Crippen molar-refractivity contribution in [1.82, 2.24) is 4.90 Å². The summed E-state index contributed by atoms with van der Waals surface area (Å²) in [6, 6.07) is 22.1. The first kappa shape index (κ1) is 23.3. The number of carbonyl (C=O) groups is 1. The average molecular weight is 465 g/mol. The van der Waals surface area contributed by atoms with Crippen molar-refractivity contribution < 1.29 is 13.2 Å². The highest BCUT2D eigenvalue weighted by Crippen LogP contribution is 2.25. The number of amides is 1. The highest BCUT2D eigenvalue weighted by Gasteiger charge is 2.34. The van der Waals surface area contributed by atoms with E-state index < -0.39 is 9.84 Å². The van der Waals surface area contributed by atoms with Crippen LogP contribution in [0.3, 0.4) is 0 Å². The summed E-state index contributed by atoms with van der Waals surface area (Å²) in [7, 11) is -3.10. The number of fused-ring (bicyclic) bond motifs is 1. The Morgan fingerprint density at radius 3 is 2.30 bits per heavy atom. The molecule has 1 heterocycles. The molecule has 3 aromatic rings. The van der Waals surface area contributed by atoms with E-state index in [1.165, 1.54) is 0 Å². The normalized spacial score (nSPS) is 17.2. The summed E-state index contributed by atoms with van der Waals surface area (Å²) in [6.07, 6.45) is 0.760. The Hall–Kier alpha value is -2.86. The molecule has 4 rings (SSSR count). The van der Waals surface area contributed by atoms with Gasteiger partial charge in [-0.3, -0.25) is 4.79 Å². The van der Waals surface area contributed by atoms with Gasteiger partial charge >= 0.3 is 0 Å². The van der Waals surface area contributed by atoms with Gasteiger partial charge in [0.15, 0.2) is 9.84 Å². The smallest absolute Gasteiger partial charge is 0.227 e. The van der Waals surface area contributed by atoms with E-state index in [4.69, 9.17) is 0 Å². The predicted octanol–water partition coefficient (Wildman–Crippen LogP) is 4.44. The molecule has 1 amide bonds. The third-order valence-electron chi connectivity index (χ3n) is 6.61. The zero-order valence-electron chi connectivity index (χ0n) is 19.4. The minimum Gasteiger partial charge on any atom is -0.372 e. The lowest BCUT2D eigenvalue weighted by molar-refractivity contribution is -0.133. The van der Waals surface area contributed by atoms with Gasteiger partial charge in [-0.2, -0.15) is 0 Å². The number of hydrogen-bond donors (Lipinski definition) is 0. The minimum absolute atomic E-state index is 0.0266. The minimum atomic E-state index is -3.10. The number of anilines is 1. The van der Waals surface area contributed by atoms with Crippen LogP contribution in [0.1, 0.15) is 31.4 Å². The zero-order chi connectivity index (χ0) is 23.4. The van der Waals surface area contributed by atoms with Crippen molar-refractivity contribution in [2.45, 2.75) is 39.3 Å². The Morgan fingerprint density at radius 1 is 0.939 bits per heavy atom. The van der Waals surface area contributed by atoms with Crippen LogP contribution in [0, 0.1) is 0 Å². The second-order valence-corrected chi connectivity index (χ2v) is 11.0. The fourth-order valence-electron chi connectivity index (χ4n) is 4.75. The van der Waals surface area contributed by atoms with Crippen LogP contribution in [0.5, 0.6) is 0 Å². The van der Waals surface area contributed by atoms with E-state index in [2.05, 4.69) is 43.0 Å². The van der Waals surface area contributed by atoms with Gasteiger partial charge < -0.3 is 9.80 Å². The van der Waals surface area contributed by atoms with Crippen LogP contribution in [0.4, 0.5) is 5.69 Å². The Balaban J connectivity index is 1.59. The molecule has 0 aliphatic carbocycles.